The number of fused-ring (bicyclic) bond motifs is 1. The van der Waals surface area contributed by atoms with Crippen LogP contribution in [0.3, 0.4) is 0 Å². The molecule has 0 saturated heterocycles. The molecule has 2 rings (SSSR count). The van der Waals surface area contributed by atoms with Gasteiger partial charge in [-0.15, -0.1) is 0 Å². The van der Waals surface area contributed by atoms with E-state index in [4.69, 9.17) is 4.42 Å². The first-order valence-corrected chi connectivity index (χ1v) is 5.74. The second-order valence-corrected chi connectivity index (χ2v) is 4.18. The van der Waals surface area contributed by atoms with E-state index in [1.807, 2.05) is 31.2 Å². The predicted molar refractivity (Wildman–Crippen MR) is 64.8 cm³/mol. The molecule has 1 heterocycles. The van der Waals surface area contributed by atoms with E-state index < -0.39 is 0 Å². The van der Waals surface area contributed by atoms with Gasteiger partial charge in [0.05, 0.1) is 0 Å². The highest BCUT2D eigenvalue weighted by Gasteiger charge is 2.11. The SMILES string of the molecule is CCCCC(=O)c1cc2cc(C)ccc2o1. The predicted octanol–water partition coefficient (Wildman–Crippen LogP) is 4.11. The Balaban J connectivity index is 2.28. The first-order valence-electron chi connectivity index (χ1n) is 5.74. The fourth-order valence-electron chi connectivity index (χ4n) is 1.76. The molecule has 2 aromatic rings. The van der Waals surface area contributed by atoms with E-state index >= 15 is 0 Å². The van der Waals surface area contributed by atoms with Crippen LogP contribution in [0.25, 0.3) is 11.0 Å². The van der Waals surface area contributed by atoms with Crippen LogP contribution in [0.5, 0.6) is 0 Å². The third-order valence-corrected chi connectivity index (χ3v) is 2.70. The van der Waals surface area contributed by atoms with Crippen LogP contribution >= 0.6 is 0 Å². The van der Waals surface area contributed by atoms with Gasteiger partial charge in [-0.1, -0.05) is 25.0 Å². The fourth-order valence-corrected chi connectivity index (χ4v) is 1.76. The largest absolute Gasteiger partial charge is 0.453 e. The van der Waals surface area contributed by atoms with Crippen LogP contribution in [0.2, 0.25) is 0 Å². The van der Waals surface area contributed by atoms with Gasteiger partial charge in [0.25, 0.3) is 0 Å². The Morgan fingerprint density at radius 3 is 2.88 bits per heavy atom. The molecule has 0 radical (unpaired) electrons. The lowest BCUT2D eigenvalue weighted by molar-refractivity contribution is 0.0955. The number of benzene rings is 1. The number of carbonyl (C=O) groups excluding carboxylic acids is 1. The minimum atomic E-state index is 0.107. The van der Waals surface area contributed by atoms with Gasteiger partial charge in [0.2, 0.25) is 0 Å². The van der Waals surface area contributed by atoms with Gasteiger partial charge < -0.3 is 4.42 Å². The topological polar surface area (TPSA) is 30.2 Å². The summed E-state index contributed by atoms with van der Waals surface area (Å²) in [5, 5.41) is 1.01. The highest BCUT2D eigenvalue weighted by atomic mass is 16.3. The maximum atomic E-state index is 11.8. The molecule has 0 aliphatic heterocycles. The van der Waals surface area contributed by atoms with Crippen LogP contribution in [0.4, 0.5) is 0 Å². The first kappa shape index (κ1) is 10.9. The van der Waals surface area contributed by atoms with E-state index in [0.717, 1.165) is 23.8 Å². The quantitative estimate of drug-likeness (QED) is 0.720. The van der Waals surface area contributed by atoms with Crippen LogP contribution in [0.1, 0.15) is 42.3 Å². The smallest absolute Gasteiger partial charge is 0.198 e. The third-order valence-electron chi connectivity index (χ3n) is 2.70. The number of rotatable bonds is 4. The van der Waals surface area contributed by atoms with Crippen LogP contribution in [0.15, 0.2) is 28.7 Å². The Morgan fingerprint density at radius 2 is 2.12 bits per heavy atom. The lowest BCUT2D eigenvalue weighted by Gasteiger charge is -1.93. The van der Waals surface area contributed by atoms with Crippen molar-refractivity contribution >= 4 is 16.8 Å². The molecule has 0 N–H and O–H groups in total. The van der Waals surface area contributed by atoms with Gasteiger partial charge in [0.1, 0.15) is 5.58 Å². The molecule has 1 aromatic carbocycles. The number of hydrogen-bond acceptors (Lipinski definition) is 2. The molecule has 0 saturated carbocycles. The molecule has 2 nitrogen and oxygen atoms in total. The lowest BCUT2D eigenvalue weighted by atomic mass is 10.1. The molecule has 0 aliphatic carbocycles. The zero-order chi connectivity index (χ0) is 11.5. The Labute approximate surface area is 95.3 Å². The molecule has 1 aromatic heterocycles. The Morgan fingerprint density at radius 1 is 1.31 bits per heavy atom. The van der Waals surface area contributed by atoms with E-state index in [9.17, 15) is 4.79 Å². The average molecular weight is 216 g/mol. The summed E-state index contributed by atoms with van der Waals surface area (Å²) < 4.78 is 5.53. The van der Waals surface area contributed by atoms with Crippen molar-refractivity contribution in [1.82, 2.24) is 0 Å². The zero-order valence-electron chi connectivity index (χ0n) is 9.75. The highest BCUT2D eigenvalue weighted by molar-refractivity contribution is 5.97. The minimum Gasteiger partial charge on any atom is -0.453 e. The van der Waals surface area contributed by atoms with Crippen molar-refractivity contribution in [2.24, 2.45) is 0 Å². The molecule has 16 heavy (non-hydrogen) atoms. The number of furan rings is 1. The standard InChI is InChI=1S/C14H16O2/c1-3-4-5-12(15)14-9-11-8-10(2)6-7-13(11)16-14/h6-9H,3-5H2,1-2H3. The van der Waals surface area contributed by atoms with Gasteiger partial charge in [0.15, 0.2) is 11.5 Å². The van der Waals surface area contributed by atoms with Gasteiger partial charge >= 0.3 is 0 Å². The van der Waals surface area contributed by atoms with Crippen LogP contribution in [0, 0.1) is 6.92 Å². The molecule has 0 bridgehead atoms. The van der Waals surface area contributed by atoms with Crippen LogP contribution in [-0.4, -0.2) is 5.78 Å². The van der Waals surface area contributed by atoms with Gasteiger partial charge in [-0.2, -0.15) is 0 Å². The lowest BCUT2D eigenvalue weighted by Crippen LogP contribution is -1.95. The van der Waals surface area contributed by atoms with E-state index in [1.165, 1.54) is 5.56 Å². The maximum Gasteiger partial charge on any atom is 0.198 e. The number of hydrogen-bond donors (Lipinski definition) is 0. The number of carbonyl (C=O) groups is 1. The van der Waals surface area contributed by atoms with Crippen molar-refractivity contribution < 1.29 is 9.21 Å². The molecule has 0 amide bonds. The molecule has 0 fully saturated rings. The summed E-state index contributed by atoms with van der Waals surface area (Å²) in [5.74, 6) is 0.602. The first-order chi connectivity index (χ1) is 7.70. The van der Waals surface area contributed by atoms with E-state index in [1.54, 1.807) is 0 Å². The summed E-state index contributed by atoms with van der Waals surface area (Å²) in [7, 11) is 0. The van der Waals surface area contributed by atoms with Gasteiger partial charge in [-0.05, 0) is 31.5 Å². The van der Waals surface area contributed by atoms with Crippen molar-refractivity contribution in [3.05, 3.63) is 35.6 Å². The normalized spacial score (nSPS) is 10.9. The summed E-state index contributed by atoms with van der Waals surface area (Å²) in [6.45, 7) is 4.11. The second kappa shape index (κ2) is 4.52. The van der Waals surface area contributed by atoms with E-state index in [-0.39, 0.29) is 5.78 Å². The molecular weight excluding hydrogens is 200 g/mol. The van der Waals surface area contributed by atoms with Gasteiger partial charge in [0, 0.05) is 11.8 Å². The monoisotopic (exact) mass is 216 g/mol. The third kappa shape index (κ3) is 2.16. The van der Waals surface area contributed by atoms with Gasteiger partial charge in [-0.25, -0.2) is 0 Å². The molecule has 0 unspecified atom stereocenters. The van der Waals surface area contributed by atoms with Crippen molar-refractivity contribution in [3.63, 3.8) is 0 Å². The molecule has 0 spiro atoms. The molecule has 0 aliphatic rings. The van der Waals surface area contributed by atoms with Crippen molar-refractivity contribution in [2.45, 2.75) is 33.1 Å². The van der Waals surface area contributed by atoms with E-state index in [0.29, 0.717) is 12.2 Å². The highest BCUT2D eigenvalue weighted by Crippen LogP contribution is 2.21. The maximum absolute atomic E-state index is 11.8. The molecular formula is C14H16O2. The van der Waals surface area contributed by atoms with Gasteiger partial charge in [-0.3, -0.25) is 4.79 Å². The van der Waals surface area contributed by atoms with Crippen molar-refractivity contribution in [2.75, 3.05) is 0 Å². The molecule has 0 atom stereocenters. The summed E-state index contributed by atoms with van der Waals surface area (Å²) in [6.07, 6.45) is 2.54. The summed E-state index contributed by atoms with van der Waals surface area (Å²) in [4.78, 5) is 11.8. The Kier molecular flexibility index (Phi) is 3.09. The Bertz CT molecular complexity index is 508. The second-order valence-electron chi connectivity index (χ2n) is 4.18. The van der Waals surface area contributed by atoms with E-state index in [2.05, 4.69) is 6.92 Å². The minimum absolute atomic E-state index is 0.107. The van der Waals surface area contributed by atoms with Crippen LogP contribution < -0.4 is 0 Å². The fraction of sp³-hybridized carbons (Fsp3) is 0.357. The Hall–Kier alpha value is -1.57. The zero-order valence-corrected chi connectivity index (χ0v) is 9.75. The summed E-state index contributed by atoms with van der Waals surface area (Å²) in [5.41, 5.74) is 1.98. The number of Topliss-reactive ketones (excluding diaryl/α,β-unsaturated/α-hetero) is 1. The molecule has 2 heteroatoms. The summed E-state index contributed by atoms with van der Waals surface area (Å²) >= 11 is 0. The average Bonchev–Trinajstić information content (AvgIpc) is 2.68. The van der Waals surface area contributed by atoms with Crippen LogP contribution in [-0.2, 0) is 0 Å². The number of ketones is 1. The summed E-state index contributed by atoms with van der Waals surface area (Å²) in [6, 6.07) is 7.79. The van der Waals surface area contributed by atoms with Crippen molar-refractivity contribution in [3.8, 4) is 0 Å². The molecule has 84 valence electrons. The number of unbranched alkanes of at least 4 members (excludes halogenated alkanes) is 1. The number of aryl methyl sites for hydroxylation is 1. The van der Waals surface area contributed by atoms with Crippen molar-refractivity contribution in [1.29, 1.82) is 0 Å².